The number of carbonyl (C=O) groups is 1. The molecule has 0 saturated carbocycles. The summed E-state index contributed by atoms with van der Waals surface area (Å²) in [4.78, 5) is 12.0. The Morgan fingerprint density at radius 3 is 2.56 bits per heavy atom. The number of aliphatic hydroxyl groups excluding tert-OH is 1. The molecule has 0 aliphatic carbocycles. The average Bonchev–Trinajstić information content (AvgIpc) is 3.02. The van der Waals surface area contributed by atoms with Crippen molar-refractivity contribution < 1.29 is 14.6 Å². The van der Waals surface area contributed by atoms with Crippen LogP contribution in [0.1, 0.15) is 37.0 Å². The van der Waals surface area contributed by atoms with Gasteiger partial charge in [-0.25, -0.2) is 0 Å². The van der Waals surface area contributed by atoms with E-state index in [4.69, 9.17) is 4.74 Å². The minimum Gasteiger partial charge on any atom is -0.484 e. The van der Waals surface area contributed by atoms with Crippen molar-refractivity contribution in [2.24, 2.45) is 7.05 Å². The van der Waals surface area contributed by atoms with Crippen molar-refractivity contribution in [3.63, 3.8) is 0 Å². The standard InChI is InChI=1S/C22H26N2O3/c1-15(2)16-8-10-17(11-9-16)27-14-22(26)23-12-21(25)19-13-24(3)20-7-5-4-6-18(19)20/h4-11,13,15,21,25H,12,14H2,1-3H3,(H,23,26). The molecule has 0 bridgehead atoms. The van der Waals surface area contributed by atoms with Crippen LogP contribution in [0, 0.1) is 0 Å². The predicted octanol–water partition coefficient (Wildman–Crippen LogP) is 3.53. The van der Waals surface area contributed by atoms with Crippen molar-refractivity contribution >= 4 is 16.8 Å². The number of aromatic nitrogens is 1. The van der Waals surface area contributed by atoms with Crippen LogP contribution < -0.4 is 10.1 Å². The van der Waals surface area contributed by atoms with E-state index in [1.165, 1.54) is 5.56 Å². The Morgan fingerprint density at radius 1 is 1.15 bits per heavy atom. The van der Waals surface area contributed by atoms with Crippen LogP contribution in [0.2, 0.25) is 0 Å². The average molecular weight is 366 g/mol. The first-order valence-electron chi connectivity index (χ1n) is 9.17. The number of fused-ring (bicyclic) bond motifs is 1. The third-order valence-electron chi connectivity index (χ3n) is 4.70. The van der Waals surface area contributed by atoms with Crippen LogP contribution in [0.15, 0.2) is 54.7 Å². The van der Waals surface area contributed by atoms with E-state index in [9.17, 15) is 9.90 Å². The first-order chi connectivity index (χ1) is 13.0. The number of benzene rings is 2. The molecule has 5 heteroatoms. The maximum Gasteiger partial charge on any atom is 0.258 e. The third-order valence-corrected chi connectivity index (χ3v) is 4.70. The van der Waals surface area contributed by atoms with Gasteiger partial charge in [0, 0.05) is 36.3 Å². The summed E-state index contributed by atoms with van der Waals surface area (Å²) in [6.07, 6.45) is 1.12. The lowest BCUT2D eigenvalue weighted by Gasteiger charge is -2.12. The molecule has 0 aliphatic heterocycles. The largest absolute Gasteiger partial charge is 0.484 e. The number of aryl methyl sites for hydroxylation is 1. The van der Waals surface area contributed by atoms with Crippen molar-refractivity contribution in [3.8, 4) is 5.75 Å². The van der Waals surface area contributed by atoms with Crippen molar-refractivity contribution in [2.45, 2.75) is 25.9 Å². The van der Waals surface area contributed by atoms with Gasteiger partial charge in [-0.3, -0.25) is 4.79 Å². The number of para-hydroxylation sites is 1. The smallest absolute Gasteiger partial charge is 0.258 e. The summed E-state index contributed by atoms with van der Waals surface area (Å²) in [5, 5.41) is 14.2. The number of amides is 1. The van der Waals surface area contributed by atoms with Gasteiger partial charge in [0.2, 0.25) is 0 Å². The highest BCUT2D eigenvalue weighted by Crippen LogP contribution is 2.25. The van der Waals surface area contributed by atoms with Gasteiger partial charge in [-0.15, -0.1) is 0 Å². The molecule has 0 fully saturated rings. The molecule has 0 spiro atoms. The van der Waals surface area contributed by atoms with Crippen LogP contribution in [0.4, 0.5) is 0 Å². The molecule has 0 radical (unpaired) electrons. The Kier molecular flexibility index (Phi) is 5.81. The fraction of sp³-hybridized carbons (Fsp3) is 0.318. The molecule has 2 N–H and O–H groups in total. The number of nitrogens with one attached hydrogen (secondary N) is 1. The van der Waals surface area contributed by atoms with Crippen LogP contribution in [0.25, 0.3) is 10.9 Å². The number of carbonyl (C=O) groups excluding carboxylic acids is 1. The van der Waals surface area contributed by atoms with Crippen molar-refractivity contribution in [2.75, 3.05) is 13.2 Å². The summed E-state index contributed by atoms with van der Waals surface area (Å²) in [5.74, 6) is 0.851. The number of aliphatic hydroxyl groups is 1. The highest BCUT2D eigenvalue weighted by molar-refractivity contribution is 5.84. The van der Waals surface area contributed by atoms with E-state index in [2.05, 4.69) is 19.2 Å². The number of rotatable bonds is 7. The van der Waals surface area contributed by atoms with Gasteiger partial charge in [-0.1, -0.05) is 44.2 Å². The molecule has 1 unspecified atom stereocenters. The fourth-order valence-corrected chi connectivity index (χ4v) is 3.11. The van der Waals surface area contributed by atoms with Gasteiger partial charge in [-0.2, -0.15) is 0 Å². The molecule has 0 aliphatic rings. The van der Waals surface area contributed by atoms with Crippen molar-refractivity contribution in [1.82, 2.24) is 9.88 Å². The van der Waals surface area contributed by atoms with E-state index in [0.717, 1.165) is 16.5 Å². The van der Waals surface area contributed by atoms with E-state index in [0.29, 0.717) is 11.7 Å². The molecule has 1 atom stereocenters. The van der Waals surface area contributed by atoms with Crippen LogP contribution in [0.3, 0.4) is 0 Å². The molecule has 2 aromatic carbocycles. The fourth-order valence-electron chi connectivity index (χ4n) is 3.11. The van der Waals surface area contributed by atoms with E-state index in [1.54, 1.807) is 0 Å². The Balaban J connectivity index is 1.52. The minimum atomic E-state index is -0.773. The van der Waals surface area contributed by atoms with E-state index < -0.39 is 6.10 Å². The van der Waals surface area contributed by atoms with E-state index >= 15 is 0 Å². The first kappa shape index (κ1) is 19.0. The summed E-state index contributed by atoms with van der Waals surface area (Å²) in [7, 11) is 1.94. The molecule has 27 heavy (non-hydrogen) atoms. The van der Waals surface area contributed by atoms with Crippen LogP contribution in [-0.4, -0.2) is 28.7 Å². The molecule has 0 saturated heterocycles. The van der Waals surface area contributed by atoms with Gasteiger partial charge >= 0.3 is 0 Å². The molecule has 3 aromatic rings. The Hall–Kier alpha value is -2.79. The number of hydrogen-bond donors (Lipinski definition) is 2. The molecule has 1 heterocycles. The van der Waals surface area contributed by atoms with Gasteiger partial charge < -0.3 is 19.7 Å². The van der Waals surface area contributed by atoms with Gasteiger partial charge in [-0.05, 0) is 29.7 Å². The third kappa shape index (κ3) is 4.49. The minimum absolute atomic E-state index is 0.0801. The molecular weight excluding hydrogens is 340 g/mol. The lowest BCUT2D eigenvalue weighted by Crippen LogP contribution is -2.32. The lowest BCUT2D eigenvalue weighted by atomic mass is 10.0. The quantitative estimate of drug-likeness (QED) is 0.672. The van der Waals surface area contributed by atoms with E-state index in [-0.39, 0.29) is 19.1 Å². The maximum atomic E-state index is 12.0. The summed E-state index contributed by atoms with van der Waals surface area (Å²) >= 11 is 0. The van der Waals surface area contributed by atoms with Crippen LogP contribution >= 0.6 is 0 Å². The zero-order chi connectivity index (χ0) is 19.4. The van der Waals surface area contributed by atoms with Crippen molar-refractivity contribution in [3.05, 3.63) is 65.9 Å². The summed E-state index contributed by atoms with van der Waals surface area (Å²) < 4.78 is 7.49. The van der Waals surface area contributed by atoms with Crippen LogP contribution in [0.5, 0.6) is 5.75 Å². The zero-order valence-electron chi connectivity index (χ0n) is 16.0. The van der Waals surface area contributed by atoms with Gasteiger partial charge in [0.1, 0.15) is 5.75 Å². The normalized spacial score (nSPS) is 12.3. The summed E-state index contributed by atoms with van der Waals surface area (Å²) in [6.45, 7) is 4.32. The maximum absolute atomic E-state index is 12.0. The predicted molar refractivity (Wildman–Crippen MR) is 107 cm³/mol. The lowest BCUT2D eigenvalue weighted by molar-refractivity contribution is -0.123. The number of ether oxygens (including phenoxy) is 1. The monoisotopic (exact) mass is 366 g/mol. The number of hydrogen-bond acceptors (Lipinski definition) is 3. The molecule has 142 valence electrons. The molecule has 5 nitrogen and oxygen atoms in total. The van der Waals surface area contributed by atoms with Gasteiger partial charge in [0.25, 0.3) is 5.91 Å². The second kappa shape index (κ2) is 8.27. The Labute approximate surface area is 159 Å². The molecule has 1 aromatic heterocycles. The Morgan fingerprint density at radius 2 is 1.85 bits per heavy atom. The van der Waals surface area contributed by atoms with Crippen molar-refractivity contribution in [1.29, 1.82) is 0 Å². The second-order valence-electron chi connectivity index (χ2n) is 7.04. The molecule has 1 amide bonds. The van der Waals surface area contributed by atoms with E-state index in [1.807, 2.05) is 66.3 Å². The Bertz CT molecular complexity index is 913. The van der Waals surface area contributed by atoms with Gasteiger partial charge in [0.15, 0.2) is 6.61 Å². The second-order valence-corrected chi connectivity index (χ2v) is 7.04. The first-order valence-corrected chi connectivity index (χ1v) is 9.17. The topological polar surface area (TPSA) is 63.5 Å². The van der Waals surface area contributed by atoms with Crippen LogP contribution in [-0.2, 0) is 11.8 Å². The highest BCUT2D eigenvalue weighted by Gasteiger charge is 2.15. The summed E-state index contributed by atoms with van der Waals surface area (Å²) in [6, 6.07) is 15.6. The highest BCUT2D eigenvalue weighted by atomic mass is 16.5. The SMILES string of the molecule is CC(C)c1ccc(OCC(=O)NCC(O)c2cn(C)c3ccccc23)cc1. The molecular formula is C22H26N2O3. The molecule has 3 rings (SSSR count). The summed E-state index contributed by atoms with van der Waals surface area (Å²) in [5.41, 5.74) is 3.08. The number of nitrogens with zero attached hydrogens (tertiary/aromatic N) is 1. The van der Waals surface area contributed by atoms with Gasteiger partial charge in [0.05, 0.1) is 6.10 Å². The zero-order valence-corrected chi connectivity index (χ0v) is 16.0.